The molecule has 0 saturated carbocycles. The van der Waals surface area contributed by atoms with E-state index in [0.29, 0.717) is 38.1 Å². The van der Waals surface area contributed by atoms with Crippen molar-refractivity contribution in [3.05, 3.63) is 69.1 Å². The number of likely N-dealkylation sites (tertiary alicyclic amines) is 1. The van der Waals surface area contributed by atoms with E-state index in [0.717, 1.165) is 4.47 Å². The number of pyridine rings is 1. The molecule has 0 radical (unpaired) electrons. The zero-order chi connectivity index (χ0) is 21.7. The quantitative estimate of drug-likeness (QED) is 0.365. The number of carbonyl (C=O) groups excluding carboxylic acids is 3. The zero-order valence-corrected chi connectivity index (χ0v) is 18.2. The normalized spacial score (nSPS) is 15.5. The van der Waals surface area contributed by atoms with Gasteiger partial charge in [-0.3, -0.25) is 23.7 Å². The van der Waals surface area contributed by atoms with Gasteiger partial charge in [0.05, 0.1) is 12.5 Å². The molecule has 2 heterocycles. The highest BCUT2D eigenvalue weighted by Crippen LogP contribution is 2.24. The van der Waals surface area contributed by atoms with Gasteiger partial charge in [-0.25, -0.2) is 0 Å². The molecule has 2 aromatic rings. The summed E-state index contributed by atoms with van der Waals surface area (Å²) in [5.41, 5.74) is -0.0866. The van der Waals surface area contributed by atoms with Gasteiger partial charge in [-0.05, 0) is 38.0 Å². The van der Waals surface area contributed by atoms with Crippen LogP contribution in [-0.4, -0.2) is 46.8 Å². The molecule has 158 valence electrons. The monoisotopic (exact) mass is 474 g/mol. The summed E-state index contributed by atoms with van der Waals surface area (Å²) in [6, 6.07) is 9.88. The number of benzene rings is 1. The van der Waals surface area contributed by atoms with E-state index in [1.54, 1.807) is 48.2 Å². The number of ether oxygens (including phenoxy) is 1. The van der Waals surface area contributed by atoms with Gasteiger partial charge >= 0.3 is 5.97 Å². The van der Waals surface area contributed by atoms with Gasteiger partial charge in [0, 0.05) is 35.4 Å². The van der Waals surface area contributed by atoms with E-state index >= 15 is 0 Å². The van der Waals surface area contributed by atoms with Gasteiger partial charge in [-0.1, -0.05) is 34.1 Å². The van der Waals surface area contributed by atoms with Crippen LogP contribution in [0.5, 0.6) is 0 Å². The summed E-state index contributed by atoms with van der Waals surface area (Å²) in [4.78, 5) is 52.5. The number of amides is 1. The van der Waals surface area contributed by atoms with Crippen molar-refractivity contribution in [1.29, 1.82) is 0 Å². The van der Waals surface area contributed by atoms with Crippen molar-refractivity contribution in [2.75, 3.05) is 19.7 Å². The van der Waals surface area contributed by atoms with Crippen molar-refractivity contribution in [1.82, 2.24) is 9.47 Å². The highest BCUT2D eigenvalue weighted by Gasteiger charge is 2.36. The van der Waals surface area contributed by atoms with E-state index in [1.807, 2.05) is 0 Å². The smallest absolute Gasteiger partial charge is 0.309 e. The maximum absolute atomic E-state index is 13.4. The fourth-order valence-corrected chi connectivity index (χ4v) is 3.82. The van der Waals surface area contributed by atoms with E-state index < -0.39 is 23.3 Å². The van der Waals surface area contributed by atoms with Crippen molar-refractivity contribution in [3.8, 4) is 0 Å². The predicted molar refractivity (Wildman–Crippen MR) is 114 cm³/mol. The number of piperidine rings is 1. The summed E-state index contributed by atoms with van der Waals surface area (Å²) >= 11 is 3.33. The van der Waals surface area contributed by atoms with Crippen LogP contribution in [0.3, 0.4) is 0 Å². The zero-order valence-electron chi connectivity index (χ0n) is 16.6. The average Bonchev–Trinajstić information content (AvgIpc) is 2.76. The molecule has 1 aromatic carbocycles. The summed E-state index contributed by atoms with van der Waals surface area (Å²) in [6.45, 7) is 2.73. The Morgan fingerprint density at radius 3 is 2.37 bits per heavy atom. The van der Waals surface area contributed by atoms with E-state index in [-0.39, 0.29) is 11.9 Å². The maximum Gasteiger partial charge on any atom is 0.309 e. The molecule has 1 aromatic heterocycles. The van der Waals surface area contributed by atoms with Crippen LogP contribution in [-0.2, 0) is 14.3 Å². The van der Waals surface area contributed by atoms with Gasteiger partial charge in [0.2, 0.25) is 0 Å². The summed E-state index contributed by atoms with van der Waals surface area (Å²) in [5, 5.41) is 0. The van der Waals surface area contributed by atoms with Gasteiger partial charge in [0.25, 0.3) is 11.5 Å². The minimum absolute atomic E-state index is 0.255. The number of Topliss-reactive ketones (excluding diaryl/α,β-unsaturated/α-hetero) is 1. The summed E-state index contributed by atoms with van der Waals surface area (Å²) in [5.74, 6) is -1.41. The molecule has 0 spiro atoms. The van der Waals surface area contributed by atoms with Gasteiger partial charge in [-0.2, -0.15) is 0 Å². The molecule has 7 nitrogen and oxygen atoms in total. The van der Waals surface area contributed by atoms with Crippen LogP contribution >= 0.6 is 15.9 Å². The average molecular weight is 475 g/mol. The Hall–Kier alpha value is -2.74. The standard InChI is InChI=1S/C22H23BrN2O5/c1-2-30-22(29)16-10-13-24(14-11-16)21(28)19(25-12-4-3-5-18(25)26)20(27)15-6-8-17(23)9-7-15/h3-9,12,16,19H,2,10-11,13-14H2,1H3/t19-/m0/s1. The SMILES string of the molecule is CCOC(=O)C1CCN(C(=O)[C@H](C(=O)c2ccc(Br)cc2)n2ccccc2=O)CC1. The fourth-order valence-electron chi connectivity index (χ4n) is 3.55. The summed E-state index contributed by atoms with van der Waals surface area (Å²) in [7, 11) is 0. The van der Waals surface area contributed by atoms with E-state index in [2.05, 4.69) is 15.9 Å². The number of ketones is 1. The second kappa shape index (κ2) is 9.84. The maximum atomic E-state index is 13.4. The molecule has 1 atom stereocenters. The van der Waals surface area contributed by atoms with Crippen molar-refractivity contribution in [3.63, 3.8) is 0 Å². The lowest BCUT2D eigenvalue weighted by Crippen LogP contribution is -2.47. The molecule has 30 heavy (non-hydrogen) atoms. The van der Waals surface area contributed by atoms with E-state index in [1.165, 1.54) is 16.8 Å². The molecule has 0 aliphatic carbocycles. The lowest BCUT2D eigenvalue weighted by molar-refractivity contribution is -0.151. The molecule has 1 saturated heterocycles. The first-order valence-electron chi connectivity index (χ1n) is 9.84. The Balaban J connectivity index is 1.86. The van der Waals surface area contributed by atoms with Crippen LogP contribution < -0.4 is 5.56 Å². The fraction of sp³-hybridized carbons (Fsp3) is 0.364. The number of esters is 1. The third-order valence-corrected chi connectivity index (χ3v) is 5.70. The van der Waals surface area contributed by atoms with Crippen LogP contribution in [0.1, 0.15) is 36.2 Å². The number of nitrogens with zero attached hydrogens (tertiary/aromatic N) is 2. The highest BCUT2D eigenvalue weighted by atomic mass is 79.9. The van der Waals surface area contributed by atoms with E-state index in [9.17, 15) is 19.2 Å². The lowest BCUT2D eigenvalue weighted by atomic mass is 9.95. The first kappa shape index (κ1) is 22.0. The molecular weight excluding hydrogens is 452 g/mol. The molecule has 0 unspecified atom stereocenters. The second-order valence-electron chi connectivity index (χ2n) is 7.07. The first-order valence-corrected chi connectivity index (χ1v) is 10.6. The van der Waals surface area contributed by atoms with Crippen LogP contribution in [0.4, 0.5) is 0 Å². The minimum atomic E-state index is -1.29. The Labute approximate surface area is 182 Å². The molecule has 1 fully saturated rings. The molecule has 1 aliphatic heterocycles. The Kier molecular flexibility index (Phi) is 7.20. The topological polar surface area (TPSA) is 85.7 Å². The minimum Gasteiger partial charge on any atom is -0.466 e. The van der Waals surface area contributed by atoms with Crippen molar-refractivity contribution < 1.29 is 19.1 Å². The number of rotatable bonds is 6. The molecular formula is C22H23BrN2O5. The second-order valence-corrected chi connectivity index (χ2v) is 7.99. The number of carbonyl (C=O) groups is 3. The summed E-state index contributed by atoms with van der Waals surface area (Å²) < 4.78 is 7.05. The van der Waals surface area contributed by atoms with Crippen molar-refractivity contribution in [2.24, 2.45) is 5.92 Å². The van der Waals surface area contributed by atoms with Crippen molar-refractivity contribution >= 4 is 33.6 Å². The molecule has 1 amide bonds. The Bertz CT molecular complexity index is 978. The Morgan fingerprint density at radius 1 is 1.10 bits per heavy atom. The molecule has 1 aliphatic rings. The van der Waals surface area contributed by atoms with Crippen LogP contribution in [0.25, 0.3) is 0 Å². The predicted octanol–water partition coefficient (Wildman–Crippen LogP) is 2.84. The first-order chi connectivity index (χ1) is 14.4. The largest absolute Gasteiger partial charge is 0.466 e. The molecule has 0 N–H and O–H groups in total. The van der Waals surface area contributed by atoms with Crippen LogP contribution in [0, 0.1) is 5.92 Å². The number of hydrogen-bond donors (Lipinski definition) is 0. The third-order valence-electron chi connectivity index (χ3n) is 5.17. The van der Waals surface area contributed by atoms with Gasteiger partial charge in [-0.15, -0.1) is 0 Å². The van der Waals surface area contributed by atoms with Crippen LogP contribution in [0.2, 0.25) is 0 Å². The van der Waals surface area contributed by atoms with Gasteiger partial charge in [0.15, 0.2) is 11.8 Å². The number of aromatic nitrogens is 1. The van der Waals surface area contributed by atoms with Gasteiger partial charge < -0.3 is 9.64 Å². The number of halogens is 1. The van der Waals surface area contributed by atoms with E-state index in [4.69, 9.17) is 4.74 Å². The molecule has 0 bridgehead atoms. The highest BCUT2D eigenvalue weighted by molar-refractivity contribution is 9.10. The summed E-state index contributed by atoms with van der Waals surface area (Å²) in [6.07, 6.45) is 2.38. The number of hydrogen-bond acceptors (Lipinski definition) is 5. The molecule has 8 heteroatoms. The lowest BCUT2D eigenvalue weighted by Gasteiger charge is -2.33. The third kappa shape index (κ3) is 4.87. The van der Waals surface area contributed by atoms with Gasteiger partial charge in [0.1, 0.15) is 0 Å². The molecule has 3 rings (SSSR count). The van der Waals surface area contributed by atoms with Crippen molar-refractivity contribution in [2.45, 2.75) is 25.8 Å². The Morgan fingerprint density at radius 2 is 1.77 bits per heavy atom. The van der Waals surface area contributed by atoms with Crippen LogP contribution in [0.15, 0.2) is 57.9 Å².